The first-order valence-electron chi connectivity index (χ1n) is 8.97. The number of benzene rings is 1. The van der Waals surface area contributed by atoms with Gasteiger partial charge in [-0.2, -0.15) is 0 Å². The Morgan fingerprint density at radius 1 is 1.15 bits per heavy atom. The van der Waals surface area contributed by atoms with Gasteiger partial charge < -0.3 is 14.2 Å². The number of rotatable bonds is 5. The Hall–Kier alpha value is -1.86. The first-order chi connectivity index (χ1) is 12.8. The van der Waals surface area contributed by atoms with E-state index in [-0.39, 0.29) is 0 Å². The van der Waals surface area contributed by atoms with Crippen molar-refractivity contribution < 1.29 is 14.2 Å². The van der Waals surface area contributed by atoms with Crippen LogP contribution in [0, 0.1) is 5.92 Å². The molecule has 0 saturated carbocycles. The summed E-state index contributed by atoms with van der Waals surface area (Å²) in [5.41, 5.74) is 1.26. The zero-order chi connectivity index (χ0) is 17.8. The molecule has 0 amide bonds. The number of aromatic nitrogens is 2. The van der Waals surface area contributed by atoms with E-state index in [1.807, 2.05) is 6.07 Å². The lowest BCUT2D eigenvalue weighted by Gasteiger charge is -2.32. The molecule has 0 aliphatic carbocycles. The number of hydrogen-bond donors (Lipinski definition) is 0. The van der Waals surface area contributed by atoms with Crippen LogP contribution in [0.2, 0.25) is 0 Å². The molecule has 3 heterocycles. The van der Waals surface area contributed by atoms with Gasteiger partial charge in [0.2, 0.25) is 0 Å². The molecule has 26 heavy (non-hydrogen) atoms. The van der Waals surface area contributed by atoms with E-state index < -0.39 is 0 Å². The predicted molar refractivity (Wildman–Crippen MR) is 101 cm³/mol. The minimum absolute atomic E-state index is 0.442. The minimum Gasteiger partial charge on any atom is -0.486 e. The van der Waals surface area contributed by atoms with E-state index in [1.54, 1.807) is 12.4 Å². The van der Waals surface area contributed by atoms with Gasteiger partial charge in [0.15, 0.2) is 11.5 Å². The molecule has 1 saturated heterocycles. The first-order valence-corrected chi connectivity index (χ1v) is 9.77. The van der Waals surface area contributed by atoms with Gasteiger partial charge in [0.25, 0.3) is 0 Å². The van der Waals surface area contributed by atoms with E-state index in [0.717, 1.165) is 35.6 Å². The van der Waals surface area contributed by atoms with Crippen LogP contribution >= 0.6 is 15.9 Å². The second-order valence-corrected chi connectivity index (χ2v) is 7.63. The normalized spacial score (nSPS) is 20.0. The van der Waals surface area contributed by atoms with Gasteiger partial charge in [-0.15, -0.1) is 0 Å². The highest BCUT2D eigenvalue weighted by Gasteiger charge is 2.21. The Labute approximate surface area is 161 Å². The standard InChI is InChI=1S/C19H22BrN3O3/c20-16-9-21-19(22-10-16)26-13-15-2-1-5-23(12-15)11-14-3-4-17-18(8-14)25-7-6-24-17/h3-4,8-10,15H,1-2,5-7,11-13H2. The maximum atomic E-state index is 5.77. The Morgan fingerprint density at radius 3 is 2.81 bits per heavy atom. The first kappa shape index (κ1) is 17.5. The molecule has 1 aromatic carbocycles. The van der Waals surface area contributed by atoms with Crippen molar-refractivity contribution in [3.05, 3.63) is 40.6 Å². The summed E-state index contributed by atoms with van der Waals surface area (Å²) in [5, 5.41) is 0. The quantitative estimate of drug-likeness (QED) is 0.740. The third kappa shape index (κ3) is 4.45. The Bertz CT molecular complexity index is 741. The highest BCUT2D eigenvalue weighted by atomic mass is 79.9. The Balaban J connectivity index is 1.31. The van der Waals surface area contributed by atoms with Crippen LogP contribution in [0.15, 0.2) is 35.1 Å². The number of hydrogen-bond acceptors (Lipinski definition) is 6. The van der Waals surface area contributed by atoms with E-state index in [4.69, 9.17) is 14.2 Å². The summed E-state index contributed by atoms with van der Waals surface area (Å²) in [6.07, 6.45) is 5.77. The van der Waals surface area contributed by atoms with Crippen molar-refractivity contribution in [1.82, 2.24) is 14.9 Å². The van der Waals surface area contributed by atoms with Crippen LogP contribution in [0.3, 0.4) is 0 Å². The molecule has 0 radical (unpaired) electrons. The zero-order valence-electron chi connectivity index (χ0n) is 14.6. The average molecular weight is 420 g/mol. The van der Waals surface area contributed by atoms with Crippen molar-refractivity contribution in [2.75, 3.05) is 32.9 Å². The molecule has 7 heteroatoms. The van der Waals surface area contributed by atoms with Crippen LogP contribution in [0.25, 0.3) is 0 Å². The van der Waals surface area contributed by atoms with Gasteiger partial charge in [-0.25, -0.2) is 9.97 Å². The number of nitrogens with zero attached hydrogens (tertiary/aromatic N) is 3. The van der Waals surface area contributed by atoms with Crippen molar-refractivity contribution in [2.45, 2.75) is 19.4 Å². The van der Waals surface area contributed by atoms with Gasteiger partial charge in [0.1, 0.15) is 13.2 Å². The summed E-state index contributed by atoms with van der Waals surface area (Å²) >= 11 is 3.33. The van der Waals surface area contributed by atoms with E-state index in [0.29, 0.717) is 31.7 Å². The van der Waals surface area contributed by atoms with Crippen molar-refractivity contribution in [3.63, 3.8) is 0 Å². The van der Waals surface area contributed by atoms with Crippen LogP contribution in [-0.4, -0.2) is 47.8 Å². The van der Waals surface area contributed by atoms with E-state index in [9.17, 15) is 0 Å². The number of likely N-dealkylation sites (tertiary alicyclic amines) is 1. The molecule has 2 aliphatic heterocycles. The molecular formula is C19H22BrN3O3. The van der Waals surface area contributed by atoms with Crippen LogP contribution in [0.1, 0.15) is 18.4 Å². The molecule has 0 N–H and O–H groups in total. The summed E-state index contributed by atoms with van der Waals surface area (Å²) in [4.78, 5) is 10.8. The van der Waals surface area contributed by atoms with E-state index in [2.05, 4.69) is 42.9 Å². The summed E-state index contributed by atoms with van der Waals surface area (Å²) < 4.78 is 17.9. The minimum atomic E-state index is 0.442. The fraction of sp³-hybridized carbons (Fsp3) is 0.474. The summed E-state index contributed by atoms with van der Waals surface area (Å²) in [6, 6.07) is 6.68. The maximum Gasteiger partial charge on any atom is 0.316 e. The predicted octanol–water partition coefficient (Wildman–Crippen LogP) is 3.30. The molecular weight excluding hydrogens is 398 g/mol. The highest BCUT2D eigenvalue weighted by Crippen LogP contribution is 2.31. The fourth-order valence-electron chi connectivity index (χ4n) is 3.44. The lowest BCUT2D eigenvalue weighted by atomic mass is 9.98. The van der Waals surface area contributed by atoms with Crippen molar-refractivity contribution in [1.29, 1.82) is 0 Å². The third-order valence-electron chi connectivity index (χ3n) is 4.66. The van der Waals surface area contributed by atoms with Crippen molar-refractivity contribution in [2.24, 2.45) is 5.92 Å². The summed E-state index contributed by atoms with van der Waals surface area (Å²) in [5.74, 6) is 2.20. The lowest BCUT2D eigenvalue weighted by Crippen LogP contribution is -2.37. The number of halogens is 1. The molecule has 6 nitrogen and oxygen atoms in total. The number of piperidine rings is 1. The number of fused-ring (bicyclic) bond motifs is 1. The SMILES string of the molecule is Brc1cnc(OCC2CCCN(Cc3ccc4c(c3)OCCO4)C2)nc1. The fourth-order valence-corrected chi connectivity index (χ4v) is 3.65. The van der Waals surface area contributed by atoms with Gasteiger partial charge in [-0.05, 0) is 53.0 Å². The molecule has 138 valence electrons. The highest BCUT2D eigenvalue weighted by molar-refractivity contribution is 9.10. The molecule has 0 bridgehead atoms. The Kier molecular flexibility index (Phi) is 5.55. The molecule has 0 spiro atoms. The van der Waals surface area contributed by atoms with Crippen LogP contribution < -0.4 is 14.2 Å². The lowest BCUT2D eigenvalue weighted by molar-refractivity contribution is 0.120. The van der Waals surface area contributed by atoms with Crippen molar-refractivity contribution >= 4 is 15.9 Å². The van der Waals surface area contributed by atoms with Crippen LogP contribution in [0.5, 0.6) is 17.5 Å². The zero-order valence-corrected chi connectivity index (χ0v) is 16.2. The molecule has 4 rings (SSSR count). The smallest absolute Gasteiger partial charge is 0.316 e. The van der Waals surface area contributed by atoms with Crippen LogP contribution in [-0.2, 0) is 6.54 Å². The van der Waals surface area contributed by atoms with Crippen molar-refractivity contribution in [3.8, 4) is 17.5 Å². The molecule has 1 atom stereocenters. The summed E-state index contributed by atoms with van der Waals surface area (Å²) in [7, 11) is 0. The van der Waals surface area contributed by atoms with Gasteiger partial charge in [-0.3, -0.25) is 4.90 Å². The van der Waals surface area contributed by atoms with Gasteiger partial charge in [0, 0.05) is 31.4 Å². The number of ether oxygens (including phenoxy) is 3. The van der Waals surface area contributed by atoms with E-state index in [1.165, 1.54) is 18.4 Å². The second-order valence-electron chi connectivity index (χ2n) is 6.72. The van der Waals surface area contributed by atoms with E-state index >= 15 is 0 Å². The second kappa shape index (κ2) is 8.22. The summed E-state index contributed by atoms with van der Waals surface area (Å²) in [6.45, 7) is 4.95. The molecule has 1 unspecified atom stereocenters. The molecule has 1 aromatic heterocycles. The third-order valence-corrected chi connectivity index (χ3v) is 5.07. The topological polar surface area (TPSA) is 56.7 Å². The molecule has 1 fully saturated rings. The Morgan fingerprint density at radius 2 is 1.96 bits per heavy atom. The monoisotopic (exact) mass is 419 g/mol. The molecule has 2 aromatic rings. The van der Waals surface area contributed by atoms with Gasteiger partial charge >= 0.3 is 6.01 Å². The average Bonchev–Trinajstić information content (AvgIpc) is 2.68. The molecule has 2 aliphatic rings. The van der Waals surface area contributed by atoms with Gasteiger partial charge in [-0.1, -0.05) is 6.07 Å². The maximum absolute atomic E-state index is 5.77. The van der Waals surface area contributed by atoms with Crippen LogP contribution in [0.4, 0.5) is 0 Å². The largest absolute Gasteiger partial charge is 0.486 e. The van der Waals surface area contributed by atoms with Gasteiger partial charge in [0.05, 0.1) is 11.1 Å².